The third-order valence-corrected chi connectivity index (χ3v) is 3.63. The lowest BCUT2D eigenvalue weighted by molar-refractivity contribution is 0.125. The summed E-state index contributed by atoms with van der Waals surface area (Å²) in [7, 11) is 2.26. The van der Waals surface area contributed by atoms with Crippen LogP contribution >= 0.6 is 0 Å². The number of hydrogen-bond acceptors (Lipinski definition) is 2. The molecule has 2 nitrogen and oxygen atoms in total. The van der Waals surface area contributed by atoms with Gasteiger partial charge in [0.1, 0.15) is 0 Å². The molecule has 3 unspecified atom stereocenters. The Morgan fingerprint density at radius 1 is 1.36 bits per heavy atom. The first-order valence-corrected chi connectivity index (χ1v) is 6.05. The second-order valence-corrected chi connectivity index (χ2v) is 5.11. The van der Waals surface area contributed by atoms with Crippen LogP contribution < -0.4 is 5.73 Å². The van der Waals surface area contributed by atoms with Gasteiger partial charge >= 0.3 is 0 Å². The van der Waals surface area contributed by atoms with Crippen molar-refractivity contribution < 1.29 is 0 Å². The number of nitrogens with zero attached hydrogens (tertiary/aromatic N) is 1. The summed E-state index contributed by atoms with van der Waals surface area (Å²) in [6, 6.07) is 0.803. The molecular formula is C12H26N2. The number of nitrogens with two attached hydrogens (primary N) is 1. The van der Waals surface area contributed by atoms with Gasteiger partial charge in [0, 0.05) is 12.6 Å². The molecule has 0 saturated heterocycles. The topological polar surface area (TPSA) is 29.3 Å². The molecular weight excluding hydrogens is 172 g/mol. The SMILES string of the molecule is CC(CN)CN(C)C1CCCCC1C. The third-order valence-electron chi connectivity index (χ3n) is 3.63. The molecule has 0 aromatic carbocycles. The molecule has 0 aromatic heterocycles. The Hall–Kier alpha value is -0.0800. The molecule has 0 aliphatic heterocycles. The fraction of sp³-hybridized carbons (Fsp3) is 1.00. The molecule has 1 aliphatic rings. The largest absolute Gasteiger partial charge is 0.330 e. The number of rotatable bonds is 4. The lowest BCUT2D eigenvalue weighted by atomic mass is 9.85. The molecule has 1 rings (SSSR count). The maximum absolute atomic E-state index is 5.66. The van der Waals surface area contributed by atoms with Crippen LogP contribution in [0.1, 0.15) is 39.5 Å². The van der Waals surface area contributed by atoms with Crippen LogP contribution in [0.15, 0.2) is 0 Å². The summed E-state index contributed by atoms with van der Waals surface area (Å²) in [6.07, 6.45) is 5.63. The van der Waals surface area contributed by atoms with E-state index in [4.69, 9.17) is 5.73 Å². The average Bonchev–Trinajstić information content (AvgIpc) is 2.18. The quantitative estimate of drug-likeness (QED) is 0.749. The first kappa shape index (κ1) is 12.0. The molecule has 1 saturated carbocycles. The van der Waals surface area contributed by atoms with Gasteiger partial charge in [-0.1, -0.05) is 26.7 Å². The van der Waals surface area contributed by atoms with Crippen molar-refractivity contribution >= 4 is 0 Å². The molecule has 0 spiro atoms. The molecule has 3 atom stereocenters. The van der Waals surface area contributed by atoms with Crippen molar-refractivity contribution in [2.75, 3.05) is 20.1 Å². The molecule has 14 heavy (non-hydrogen) atoms. The standard InChI is InChI=1S/C12H26N2/c1-10(8-13)9-14(3)12-7-5-4-6-11(12)2/h10-12H,4-9,13H2,1-3H3. The minimum Gasteiger partial charge on any atom is -0.330 e. The van der Waals surface area contributed by atoms with Crippen LogP contribution in [0.25, 0.3) is 0 Å². The van der Waals surface area contributed by atoms with Gasteiger partial charge in [0.05, 0.1) is 0 Å². The van der Waals surface area contributed by atoms with Gasteiger partial charge in [-0.05, 0) is 38.3 Å². The van der Waals surface area contributed by atoms with Gasteiger partial charge < -0.3 is 10.6 Å². The van der Waals surface area contributed by atoms with Crippen LogP contribution in [0.2, 0.25) is 0 Å². The molecule has 2 heteroatoms. The fourth-order valence-corrected chi connectivity index (χ4v) is 2.65. The maximum Gasteiger partial charge on any atom is 0.0118 e. The van der Waals surface area contributed by atoms with E-state index >= 15 is 0 Å². The summed E-state index contributed by atoms with van der Waals surface area (Å²) in [4.78, 5) is 2.53. The monoisotopic (exact) mass is 198 g/mol. The Kier molecular flexibility index (Phi) is 4.90. The van der Waals surface area contributed by atoms with Crippen molar-refractivity contribution in [2.24, 2.45) is 17.6 Å². The van der Waals surface area contributed by atoms with Crippen LogP contribution in [0.4, 0.5) is 0 Å². The van der Waals surface area contributed by atoms with Crippen molar-refractivity contribution in [2.45, 2.75) is 45.6 Å². The Morgan fingerprint density at radius 3 is 2.57 bits per heavy atom. The minimum absolute atomic E-state index is 0.633. The van der Waals surface area contributed by atoms with E-state index in [0.29, 0.717) is 5.92 Å². The zero-order valence-corrected chi connectivity index (χ0v) is 10.00. The zero-order valence-electron chi connectivity index (χ0n) is 10.00. The van der Waals surface area contributed by atoms with Gasteiger partial charge in [-0.15, -0.1) is 0 Å². The van der Waals surface area contributed by atoms with Crippen LogP contribution in [0.3, 0.4) is 0 Å². The lowest BCUT2D eigenvalue weighted by Crippen LogP contribution is -2.42. The predicted molar refractivity (Wildman–Crippen MR) is 62.3 cm³/mol. The molecule has 84 valence electrons. The van der Waals surface area contributed by atoms with Crippen molar-refractivity contribution in [3.05, 3.63) is 0 Å². The van der Waals surface area contributed by atoms with E-state index in [1.165, 1.54) is 25.7 Å². The van der Waals surface area contributed by atoms with E-state index in [2.05, 4.69) is 25.8 Å². The fourth-order valence-electron chi connectivity index (χ4n) is 2.65. The highest BCUT2D eigenvalue weighted by Gasteiger charge is 2.25. The third kappa shape index (κ3) is 3.25. The normalized spacial score (nSPS) is 30.6. The van der Waals surface area contributed by atoms with Crippen molar-refractivity contribution in [1.29, 1.82) is 0 Å². The Balaban J connectivity index is 2.37. The summed E-state index contributed by atoms with van der Waals surface area (Å²) in [5, 5.41) is 0. The highest BCUT2D eigenvalue weighted by Crippen LogP contribution is 2.27. The molecule has 1 fully saturated rings. The van der Waals surface area contributed by atoms with Gasteiger partial charge in [-0.3, -0.25) is 0 Å². The smallest absolute Gasteiger partial charge is 0.0118 e. The summed E-state index contributed by atoms with van der Waals surface area (Å²) >= 11 is 0. The van der Waals surface area contributed by atoms with Crippen LogP contribution in [0, 0.1) is 11.8 Å². The first-order valence-electron chi connectivity index (χ1n) is 6.05. The van der Waals surface area contributed by atoms with Crippen LogP contribution in [-0.4, -0.2) is 31.1 Å². The molecule has 0 amide bonds. The van der Waals surface area contributed by atoms with Gasteiger partial charge in [0.25, 0.3) is 0 Å². The molecule has 2 N–H and O–H groups in total. The van der Waals surface area contributed by atoms with E-state index < -0.39 is 0 Å². The van der Waals surface area contributed by atoms with E-state index in [1.54, 1.807) is 0 Å². The maximum atomic E-state index is 5.66. The second-order valence-electron chi connectivity index (χ2n) is 5.11. The summed E-state index contributed by atoms with van der Waals surface area (Å²) in [5.74, 6) is 1.51. The van der Waals surface area contributed by atoms with Gasteiger partial charge in [-0.2, -0.15) is 0 Å². The molecule has 1 aliphatic carbocycles. The molecule has 0 bridgehead atoms. The van der Waals surface area contributed by atoms with E-state index in [1.807, 2.05) is 0 Å². The molecule has 0 aromatic rings. The zero-order chi connectivity index (χ0) is 10.6. The lowest BCUT2D eigenvalue weighted by Gasteiger charge is -2.37. The van der Waals surface area contributed by atoms with E-state index in [0.717, 1.165) is 25.0 Å². The van der Waals surface area contributed by atoms with Gasteiger partial charge in [0.2, 0.25) is 0 Å². The summed E-state index contributed by atoms with van der Waals surface area (Å²) in [6.45, 7) is 6.61. The summed E-state index contributed by atoms with van der Waals surface area (Å²) in [5.41, 5.74) is 5.66. The van der Waals surface area contributed by atoms with Crippen molar-refractivity contribution in [1.82, 2.24) is 4.90 Å². The van der Waals surface area contributed by atoms with Gasteiger partial charge in [-0.25, -0.2) is 0 Å². The van der Waals surface area contributed by atoms with Crippen molar-refractivity contribution in [3.63, 3.8) is 0 Å². The van der Waals surface area contributed by atoms with Crippen molar-refractivity contribution in [3.8, 4) is 0 Å². The molecule has 0 radical (unpaired) electrons. The predicted octanol–water partition coefficient (Wildman–Crippen LogP) is 2.09. The average molecular weight is 198 g/mol. The Morgan fingerprint density at radius 2 is 2.00 bits per heavy atom. The highest BCUT2D eigenvalue weighted by molar-refractivity contribution is 4.80. The minimum atomic E-state index is 0.633. The second kappa shape index (κ2) is 5.72. The Bertz CT molecular complexity index is 158. The first-order chi connectivity index (χ1) is 6.65. The van der Waals surface area contributed by atoms with Crippen LogP contribution in [0.5, 0.6) is 0 Å². The van der Waals surface area contributed by atoms with Gasteiger partial charge in [0.15, 0.2) is 0 Å². The summed E-state index contributed by atoms with van der Waals surface area (Å²) < 4.78 is 0. The van der Waals surface area contributed by atoms with E-state index in [9.17, 15) is 0 Å². The Labute approximate surface area is 88.8 Å². The van der Waals surface area contributed by atoms with E-state index in [-0.39, 0.29) is 0 Å². The van der Waals surface area contributed by atoms with Crippen LogP contribution in [-0.2, 0) is 0 Å². The molecule has 0 heterocycles. The highest BCUT2D eigenvalue weighted by atomic mass is 15.1. The number of hydrogen-bond donors (Lipinski definition) is 1.